The van der Waals surface area contributed by atoms with Crippen LogP contribution in [-0.4, -0.2) is 70.9 Å². The molecule has 0 aromatic carbocycles. The predicted octanol–water partition coefficient (Wildman–Crippen LogP) is -0.547. The number of amides is 1. The highest BCUT2D eigenvalue weighted by Gasteiger charge is 2.10. The third-order valence-corrected chi connectivity index (χ3v) is 3.64. The van der Waals surface area contributed by atoms with Crippen molar-refractivity contribution in [3.05, 3.63) is 0 Å². The van der Waals surface area contributed by atoms with Crippen LogP contribution in [0, 0.1) is 0 Å². The lowest BCUT2D eigenvalue weighted by molar-refractivity contribution is -0.128. The molecule has 1 atom stereocenters. The van der Waals surface area contributed by atoms with Gasteiger partial charge in [-0.2, -0.15) is 0 Å². The van der Waals surface area contributed by atoms with Gasteiger partial charge in [-0.15, -0.1) is 0 Å². The first-order valence-electron chi connectivity index (χ1n) is 6.50. The lowest BCUT2D eigenvalue weighted by atomic mass is 10.3. The molecule has 0 spiro atoms. The molecule has 0 saturated carbocycles. The summed E-state index contributed by atoms with van der Waals surface area (Å²) in [4.78, 5) is 17.0. The van der Waals surface area contributed by atoms with E-state index in [1.165, 1.54) is 11.2 Å². The Labute approximate surface area is 121 Å². The fourth-order valence-corrected chi connectivity index (χ4v) is 2.18. The van der Waals surface area contributed by atoms with Crippen LogP contribution in [0.1, 0.15) is 19.8 Å². The maximum absolute atomic E-state index is 11.4. The molecule has 0 aliphatic rings. The molecule has 0 fully saturated rings. The van der Waals surface area contributed by atoms with E-state index < -0.39 is 9.84 Å². The molecule has 2 N–H and O–H groups in total. The topological polar surface area (TPSA) is 90.9 Å². The highest BCUT2D eigenvalue weighted by Crippen LogP contribution is 1.95. The maximum Gasteiger partial charge on any atom is 0.223 e. The molecule has 20 heavy (non-hydrogen) atoms. The third-order valence-electron chi connectivity index (χ3n) is 2.66. The second kappa shape index (κ2) is 8.78. The van der Waals surface area contributed by atoms with Crippen LogP contribution in [0.3, 0.4) is 0 Å². The molecule has 0 aliphatic carbocycles. The largest absolute Gasteiger partial charge is 0.356 e. The van der Waals surface area contributed by atoms with Crippen molar-refractivity contribution in [1.82, 2.24) is 15.5 Å². The molecule has 0 aromatic rings. The Bertz CT molecular complexity index is 432. The Morgan fingerprint density at radius 1 is 1.35 bits per heavy atom. The van der Waals surface area contributed by atoms with Gasteiger partial charge in [-0.1, -0.05) is 0 Å². The fraction of sp³-hybridized carbons (Fsp3) is 0.833. The summed E-state index contributed by atoms with van der Waals surface area (Å²) in [5.74, 6) is 0.743. The number of carbonyl (C=O) groups excluding carboxylic acids is 1. The summed E-state index contributed by atoms with van der Waals surface area (Å²) in [6.45, 7) is 2.37. The Kier molecular flexibility index (Phi) is 8.21. The summed E-state index contributed by atoms with van der Waals surface area (Å²) in [5, 5.41) is 6.12. The van der Waals surface area contributed by atoms with Crippen molar-refractivity contribution in [2.24, 2.45) is 4.99 Å². The smallest absolute Gasteiger partial charge is 0.223 e. The van der Waals surface area contributed by atoms with E-state index >= 15 is 0 Å². The molecule has 8 heteroatoms. The van der Waals surface area contributed by atoms with Crippen LogP contribution in [0.5, 0.6) is 0 Å². The molecule has 118 valence electrons. The molecule has 7 nitrogen and oxygen atoms in total. The summed E-state index contributed by atoms with van der Waals surface area (Å²) in [5.41, 5.74) is 0. The van der Waals surface area contributed by atoms with Gasteiger partial charge in [0.05, 0.1) is 5.75 Å². The first-order chi connectivity index (χ1) is 9.15. The summed E-state index contributed by atoms with van der Waals surface area (Å²) in [6.07, 6.45) is 2.11. The van der Waals surface area contributed by atoms with Gasteiger partial charge in [-0.05, 0) is 13.3 Å². The lowest BCUT2D eigenvalue weighted by Crippen LogP contribution is -2.43. The van der Waals surface area contributed by atoms with Crippen molar-refractivity contribution < 1.29 is 13.2 Å². The van der Waals surface area contributed by atoms with Gasteiger partial charge >= 0.3 is 0 Å². The van der Waals surface area contributed by atoms with Gasteiger partial charge in [-0.3, -0.25) is 9.79 Å². The lowest BCUT2D eigenvalue weighted by Gasteiger charge is -2.18. The standard InChI is InChI=1S/C12H26N4O3S/c1-10(7-9-20(5,18)19)15-12(13-2)14-8-6-11(17)16(3)4/h10H,6-9H2,1-5H3,(H2,13,14,15). The molecule has 0 bridgehead atoms. The zero-order valence-corrected chi connectivity index (χ0v) is 13.7. The summed E-state index contributed by atoms with van der Waals surface area (Å²) in [6, 6.07) is -0.0134. The minimum atomic E-state index is -2.95. The van der Waals surface area contributed by atoms with Crippen molar-refractivity contribution in [3.8, 4) is 0 Å². The zero-order chi connectivity index (χ0) is 15.8. The number of guanidine groups is 1. The van der Waals surface area contributed by atoms with Crippen LogP contribution in [0.2, 0.25) is 0 Å². The van der Waals surface area contributed by atoms with Gasteiger partial charge in [0, 0.05) is 46.4 Å². The highest BCUT2D eigenvalue weighted by atomic mass is 32.2. The van der Waals surface area contributed by atoms with E-state index in [0.29, 0.717) is 25.3 Å². The van der Waals surface area contributed by atoms with Crippen LogP contribution in [0.25, 0.3) is 0 Å². The van der Waals surface area contributed by atoms with Crippen molar-refractivity contribution >= 4 is 21.7 Å². The van der Waals surface area contributed by atoms with Crippen LogP contribution >= 0.6 is 0 Å². The molecule has 0 saturated heterocycles. The molecule has 1 unspecified atom stereocenters. The minimum Gasteiger partial charge on any atom is -0.356 e. The Morgan fingerprint density at radius 2 is 1.95 bits per heavy atom. The predicted molar refractivity (Wildman–Crippen MR) is 81.6 cm³/mol. The van der Waals surface area contributed by atoms with E-state index in [1.807, 2.05) is 6.92 Å². The Morgan fingerprint density at radius 3 is 2.40 bits per heavy atom. The molecule has 0 rings (SSSR count). The molecular formula is C12H26N4O3S. The number of sulfone groups is 1. The Hall–Kier alpha value is -1.31. The maximum atomic E-state index is 11.4. The van der Waals surface area contributed by atoms with Gasteiger partial charge in [0.1, 0.15) is 9.84 Å². The molecule has 0 radical (unpaired) electrons. The van der Waals surface area contributed by atoms with E-state index in [4.69, 9.17) is 0 Å². The SMILES string of the molecule is CN=C(NCCC(=O)N(C)C)NC(C)CCS(C)(=O)=O. The second-order valence-electron chi connectivity index (χ2n) is 5.00. The number of nitrogens with zero attached hydrogens (tertiary/aromatic N) is 2. The summed E-state index contributed by atoms with van der Waals surface area (Å²) < 4.78 is 22.2. The highest BCUT2D eigenvalue weighted by molar-refractivity contribution is 7.90. The summed E-state index contributed by atoms with van der Waals surface area (Å²) in [7, 11) is 2.10. The average molecular weight is 306 g/mol. The van der Waals surface area contributed by atoms with Crippen LogP contribution in [0.15, 0.2) is 4.99 Å². The second-order valence-corrected chi connectivity index (χ2v) is 7.26. The first kappa shape index (κ1) is 18.7. The molecular weight excluding hydrogens is 280 g/mol. The molecule has 1 amide bonds. The first-order valence-corrected chi connectivity index (χ1v) is 8.57. The van der Waals surface area contributed by atoms with Gasteiger partial charge in [0.2, 0.25) is 5.91 Å². The van der Waals surface area contributed by atoms with E-state index in [1.54, 1.807) is 21.1 Å². The van der Waals surface area contributed by atoms with Crippen molar-refractivity contribution in [1.29, 1.82) is 0 Å². The number of carbonyl (C=O) groups is 1. The summed E-state index contributed by atoms with van der Waals surface area (Å²) >= 11 is 0. The van der Waals surface area contributed by atoms with E-state index in [2.05, 4.69) is 15.6 Å². The normalized spacial score (nSPS) is 13.8. The van der Waals surface area contributed by atoms with Gasteiger partial charge in [-0.25, -0.2) is 8.42 Å². The fourth-order valence-electron chi connectivity index (χ4n) is 1.40. The van der Waals surface area contributed by atoms with E-state index in [-0.39, 0.29) is 17.7 Å². The van der Waals surface area contributed by atoms with E-state index in [9.17, 15) is 13.2 Å². The number of hydrogen-bond donors (Lipinski definition) is 2. The van der Waals surface area contributed by atoms with Gasteiger partial charge < -0.3 is 15.5 Å². The van der Waals surface area contributed by atoms with Crippen LogP contribution < -0.4 is 10.6 Å². The molecule has 0 aromatic heterocycles. The Balaban J connectivity index is 4.07. The number of hydrogen-bond acceptors (Lipinski definition) is 4. The average Bonchev–Trinajstić information content (AvgIpc) is 2.33. The van der Waals surface area contributed by atoms with Gasteiger partial charge in [0.15, 0.2) is 5.96 Å². The number of rotatable bonds is 7. The number of nitrogens with one attached hydrogen (secondary N) is 2. The van der Waals surface area contributed by atoms with Crippen LogP contribution in [0.4, 0.5) is 0 Å². The minimum absolute atomic E-state index is 0.0134. The molecule has 0 heterocycles. The monoisotopic (exact) mass is 306 g/mol. The quantitative estimate of drug-likeness (QED) is 0.487. The van der Waals surface area contributed by atoms with Crippen molar-refractivity contribution in [3.63, 3.8) is 0 Å². The molecule has 0 aliphatic heterocycles. The number of aliphatic imine (C=N–C) groups is 1. The third kappa shape index (κ3) is 9.60. The van der Waals surface area contributed by atoms with Crippen molar-refractivity contribution in [2.45, 2.75) is 25.8 Å². The van der Waals surface area contributed by atoms with Crippen LogP contribution in [-0.2, 0) is 14.6 Å². The zero-order valence-electron chi connectivity index (χ0n) is 12.9. The van der Waals surface area contributed by atoms with E-state index in [0.717, 1.165) is 0 Å². The van der Waals surface area contributed by atoms with Gasteiger partial charge in [0.25, 0.3) is 0 Å². The van der Waals surface area contributed by atoms with Crippen molar-refractivity contribution in [2.75, 3.05) is 39.7 Å².